The van der Waals surface area contributed by atoms with Crippen LogP contribution >= 0.6 is 0 Å². The first-order valence-electron chi connectivity index (χ1n) is 8.48. The number of hydrogen-bond donors (Lipinski definition) is 0. The number of hydrogen-bond acceptors (Lipinski definition) is 0. The van der Waals surface area contributed by atoms with Crippen LogP contribution < -0.4 is 0 Å². The quantitative estimate of drug-likeness (QED) is 0.453. The first kappa shape index (κ1) is 15.5. The molecule has 112 valence electrons. The van der Waals surface area contributed by atoms with Crippen LogP contribution in [0.4, 0.5) is 8.78 Å². The maximum Gasteiger partial charge on any atom is 0.248 e. The molecule has 0 atom stereocenters. The summed E-state index contributed by atoms with van der Waals surface area (Å²) in [5, 5.41) is 0. The maximum absolute atomic E-state index is 13.2. The fraction of sp³-hybridized carbons (Fsp3) is 1.00. The van der Waals surface area contributed by atoms with Gasteiger partial charge in [-0.25, -0.2) is 8.78 Å². The molecule has 19 heavy (non-hydrogen) atoms. The predicted molar refractivity (Wildman–Crippen MR) is 80.7 cm³/mol. The van der Waals surface area contributed by atoms with Gasteiger partial charge in [0.2, 0.25) is 5.92 Å². The van der Waals surface area contributed by atoms with Gasteiger partial charge in [-0.05, 0) is 24.7 Å². The molecule has 0 aromatic heterocycles. The molecule has 0 bridgehead atoms. The molecule has 1 aliphatic carbocycles. The van der Waals surface area contributed by atoms with E-state index < -0.39 is 14.7 Å². The highest BCUT2D eigenvalue weighted by Crippen LogP contribution is 2.43. The molecule has 2 rings (SSSR count). The molecule has 1 heterocycles. The zero-order valence-electron chi connectivity index (χ0n) is 12.5. The van der Waals surface area contributed by atoms with Crippen LogP contribution in [-0.2, 0) is 0 Å². The molecule has 0 unspecified atom stereocenters. The van der Waals surface area contributed by atoms with Gasteiger partial charge in [-0.15, -0.1) is 0 Å². The van der Waals surface area contributed by atoms with Crippen LogP contribution in [0.3, 0.4) is 0 Å². The highest BCUT2D eigenvalue weighted by Gasteiger charge is 2.38. The molecule has 0 radical (unpaired) electrons. The van der Waals surface area contributed by atoms with Crippen LogP contribution in [0.15, 0.2) is 0 Å². The third-order valence-corrected chi connectivity index (χ3v) is 9.06. The van der Waals surface area contributed by atoms with Gasteiger partial charge in [0.05, 0.1) is 0 Å². The Kier molecular flexibility index (Phi) is 5.85. The van der Waals surface area contributed by atoms with Gasteiger partial charge >= 0.3 is 0 Å². The van der Waals surface area contributed by atoms with E-state index in [1.807, 2.05) is 0 Å². The van der Waals surface area contributed by atoms with Crippen molar-refractivity contribution in [3.63, 3.8) is 0 Å². The van der Waals surface area contributed by atoms with E-state index >= 15 is 0 Å². The van der Waals surface area contributed by atoms with Crippen molar-refractivity contribution in [1.82, 2.24) is 0 Å². The Morgan fingerprint density at radius 2 is 1.53 bits per heavy atom. The molecule has 0 spiro atoms. The van der Waals surface area contributed by atoms with E-state index in [4.69, 9.17) is 0 Å². The average Bonchev–Trinajstić information content (AvgIpc) is 2.40. The molecule has 3 heteroatoms. The molecule has 1 saturated carbocycles. The molecule has 0 aromatic carbocycles. The minimum atomic E-state index is -2.34. The van der Waals surface area contributed by atoms with Gasteiger partial charge in [-0.2, -0.15) is 0 Å². The summed E-state index contributed by atoms with van der Waals surface area (Å²) in [6.07, 6.45) is 8.84. The van der Waals surface area contributed by atoms with E-state index in [0.29, 0.717) is 5.92 Å². The minimum Gasteiger partial charge on any atom is -0.207 e. The van der Waals surface area contributed by atoms with Crippen molar-refractivity contribution in [2.24, 2.45) is 11.8 Å². The zero-order chi connectivity index (χ0) is 13.7. The number of unbranched alkanes of at least 4 members (excludes halogenated alkanes) is 2. The molecule has 2 aliphatic rings. The summed E-state index contributed by atoms with van der Waals surface area (Å²) >= 11 is 0. The highest BCUT2D eigenvalue weighted by atomic mass is 28.3. The minimum absolute atomic E-state index is 0.158. The lowest BCUT2D eigenvalue weighted by Crippen LogP contribution is -2.31. The normalized spacial score (nSPS) is 32.4. The molecule has 2 fully saturated rings. The third kappa shape index (κ3) is 4.84. The van der Waals surface area contributed by atoms with Crippen molar-refractivity contribution in [2.75, 3.05) is 0 Å². The Balaban J connectivity index is 1.66. The van der Waals surface area contributed by atoms with Gasteiger partial charge in [0.25, 0.3) is 0 Å². The van der Waals surface area contributed by atoms with Crippen molar-refractivity contribution < 1.29 is 8.78 Å². The van der Waals surface area contributed by atoms with Gasteiger partial charge in [0.15, 0.2) is 0 Å². The zero-order valence-corrected chi connectivity index (χ0v) is 13.6. The largest absolute Gasteiger partial charge is 0.248 e. The SMILES string of the molecule is CCCCC[SiH]1CCC(C2CCC(F)(F)CC2)CC1. The Morgan fingerprint density at radius 1 is 0.947 bits per heavy atom. The molecule has 0 N–H and O–H groups in total. The molecule has 1 aliphatic heterocycles. The number of halogens is 2. The van der Waals surface area contributed by atoms with Crippen molar-refractivity contribution >= 4 is 8.80 Å². The molecule has 1 saturated heterocycles. The number of alkyl halides is 2. The van der Waals surface area contributed by atoms with Crippen LogP contribution in [0, 0.1) is 11.8 Å². The van der Waals surface area contributed by atoms with Gasteiger partial charge in [0, 0.05) is 21.6 Å². The molecular weight excluding hydrogens is 258 g/mol. The Labute approximate surface area is 119 Å². The second-order valence-electron chi connectivity index (χ2n) is 6.97. The fourth-order valence-corrected chi connectivity index (χ4v) is 7.70. The average molecular weight is 288 g/mol. The monoisotopic (exact) mass is 288 g/mol. The predicted octanol–water partition coefficient (Wildman–Crippen LogP) is 5.64. The maximum atomic E-state index is 13.2. The lowest BCUT2D eigenvalue weighted by Gasteiger charge is -2.37. The Morgan fingerprint density at radius 3 is 2.11 bits per heavy atom. The first-order valence-corrected chi connectivity index (χ1v) is 10.9. The molecule has 0 amide bonds. The van der Waals surface area contributed by atoms with E-state index in [9.17, 15) is 8.78 Å². The van der Waals surface area contributed by atoms with Crippen molar-refractivity contribution in [3.05, 3.63) is 0 Å². The third-order valence-electron chi connectivity index (χ3n) is 5.54. The summed E-state index contributed by atoms with van der Waals surface area (Å²) in [5.74, 6) is -0.918. The van der Waals surface area contributed by atoms with E-state index in [-0.39, 0.29) is 12.8 Å². The Bertz CT molecular complexity index is 249. The van der Waals surface area contributed by atoms with Crippen LogP contribution in [0.5, 0.6) is 0 Å². The van der Waals surface area contributed by atoms with E-state index in [2.05, 4.69) is 6.92 Å². The topological polar surface area (TPSA) is 0 Å². The van der Waals surface area contributed by atoms with Crippen molar-refractivity contribution in [1.29, 1.82) is 0 Å². The second-order valence-corrected chi connectivity index (χ2v) is 10.4. The highest BCUT2D eigenvalue weighted by molar-refractivity contribution is 6.58. The van der Waals surface area contributed by atoms with Crippen molar-refractivity contribution in [2.45, 2.75) is 88.8 Å². The van der Waals surface area contributed by atoms with Crippen LogP contribution in [0.25, 0.3) is 0 Å². The Hall–Kier alpha value is 0.0769. The van der Waals surface area contributed by atoms with Gasteiger partial charge < -0.3 is 0 Å². The molecular formula is C16H30F2Si. The van der Waals surface area contributed by atoms with Gasteiger partial charge in [-0.1, -0.05) is 57.2 Å². The molecule has 0 nitrogen and oxygen atoms in total. The van der Waals surface area contributed by atoms with Crippen LogP contribution in [-0.4, -0.2) is 14.7 Å². The lowest BCUT2D eigenvalue weighted by molar-refractivity contribution is -0.0529. The fourth-order valence-electron chi connectivity index (χ4n) is 4.17. The summed E-state index contributed by atoms with van der Waals surface area (Å²) in [7, 11) is -0.425. The van der Waals surface area contributed by atoms with Crippen LogP contribution in [0.2, 0.25) is 18.1 Å². The van der Waals surface area contributed by atoms with Gasteiger partial charge in [0.1, 0.15) is 0 Å². The van der Waals surface area contributed by atoms with E-state index in [1.54, 1.807) is 6.04 Å². The standard InChI is InChI=1S/C16H30F2Si/c1-2-3-4-11-19-12-7-15(8-13-19)14-5-9-16(17,18)10-6-14/h14-15,19H,2-13H2,1H3. The lowest BCUT2D eigenvalue weighted by atomic mass is 9.76. The van der Waals surface area contributed by atoms with E-state index in [0.717, 1.165) is 18.8 Å². The van der Waals surface area contributed by atoms with E-state index in [1.165, 1.54) is 44.2 Å². The van der Waals surface area contributed by atoms with Crippen LogP contribution in [0.1, 0.15) is 64.7 Å². The summed E-state index contributed by atoms with van der Waals surface area (Å²) in [6.45, 7) is 2.28. The smallest absolute Gasteiger partial charge is 0.207 e. The first-order chi connectivity index (χ1) is 9.11. The van der Waals surface area contributed by atoms with Gasteiger partial charge in [-0.3, -0.25) is 0 Å². The second kappa shape index (κ2) is 7.19. The van der Waals surface area contributed by atoms with Crippen molar-refractivity contribution in [3.8, 4) is 0 Å². The number of rotatable bonds is 5. The summed E-state index contributed by atoms with van der Waals surface area (Å²) in [6, 6.07) is 4.55. The summed E-state index contributed by atoms with van der Waals surface area (Å²) < 4.78 is 26.4. The summed E-state index contributed by atoms with van der Waals surface area (Å²) in [5.41, 5.74) is 0. The molecule has 0 aromatic rings. The summed E-state index contributed by atoms with van der Waals surface area (Å²) in [4.78, 5) is 0.